The highest BCUT2D eigenvalue weighted by atomic mass is 16.3. The van der Waals surface area contributed by atoms with Crippen molar-refractivity contribution in [2.75, 3.05) is 17.2 Å². The van der Waals surface area contributed by atoms with Crippen LogP contribution in [0.5, 0.6) is 0 Å². The van der Waals surface area contributed by atoms with Crippen LogP contribution in [0.3, 0.4) is 0 Å². The van der Waals surface area contributed by atoms with E-state index in [2.05, 4.69) is 26.0 Å². The molecular weight excluding hydrogens is 494 g/mol. The van der Waals surface area contributed by atoms with Crippen molar-refractivity contribution in [1.29, 1.82) is 0 Å². The van der Waals surface area contributed by atoms with Crippen LogP contribution in [0.4, 0.5) is 17.5 Å². The fourth-order valence-electron chi connectivity index (χ4n) is 4.72. The standard InChI is InChI=1S/C29H33N7O3/c1-28(2,39)17-36-15-19(13-31-36)22-14-30-27(34-25(22)33-24(16-37)18-8-6-5-7-9-18)32-20-10-11-21-23(12-20)29(3,4)35-26(21)38/h5-15,24,37,39H,16-17H2,1-4H3,(H,35,38)(H2,30,32,33,34). The number of fused-ring (bicyclic) bond motifs is 1. The summed E-state index contributed by atoms with van der Waals surface area (Å²) >= 11 is 0. The van der Waals surface area contributed by atoms with Gasteiger partial charge in [0.05, 0.1) is 36.5 Å². The molecule has 1 aliphatic rings. The fourth-order valence-corrected chi connectivity index (χ4v) is 4.72. The predicted molar refractivity (Wildman–Crippen MR) is 150 cm³/mol. The van der Waals surface area contributed by atoms with Gasteiger partial charge in [-0.1, -0.05) is 30.3 Å². The molecule has 10 heteroatoms. The number of carbonyl (C=O) groups excluding carboxylic acids is 1. The van der Waals surface area contributed by atoms with E-state index < -0.39 is 17.2 Å². The van der Waals surface area contributed by atoms with Crippen molar-refractivity contribution in [3.8, 4) is 11.1 Å². The number of aliphatic hydroxyl groups excluding tert-OH is 1. The van der Waals surface area contributed by atoms with E-state index in [4.69, 9.17) is 4.98 Å². The number of rotatable bonds is 9. The van der Waals surface area contributed by atoms with Crippen LogP contribution in [0.1, 0.15) is 55.2 Å². The Morgan fingerprint density at radius 2 is 1.87 bits per heavy atom. The zero-order chi connectivity index (χ0) is 27.8. The molecule has 5 rings (SSSR count). The van der Waals surface area contributed by atoms with E-state index in [1.54, 1.807) is 37.0 Å². The van der Waals surface area contributed by atoms with E-state index >= 15 is 0 Å². The molecule has 1 aliphatic heterocycles. The minimum absolute atomic E-state index is 0.0882. The number of aliphatic hydroxyl groups is 2. The first kappa shape index (κ1) is 26.3. The van der Waals surface area contributed by atoms with E-state index in [0.717, 1.165) is 22.4 Å². The van der Waals surface area contributed by atoms with Gasteiger partial charge >= 0.3 is 0 Å². The Labute approximate surface area is 227 Å². The molecule has 39 heavy (non-hydrogen) atoms. The molecule has 10 nitrogen and oxygen atoms in total. The van der Waals surface area contributed by atoms with Crippen LogP contribution in [0, 0.1) is 0 Å². The fraction of sp³-hybridized carbons (Fsp3) is 0.310. The molecule has 3 heterocycles. The average molecular weight is 528 g/mol. The molecule has 0 fully saturated rings. The Morgan fingerprint density at radius 1 is 1.10 bits per heavy atom. The van der Waals surface area contributed by atoms with Crippen molar-refractivity contribution < 1.29 is 15.0 Å². The summed E-state index contributed by atoms with van der Waals surface area (Å²) in [7, 11) is 0. The van der Waals surface area contributed by atoms with E-state index in [0.29, 0.717) is 29.4 Å². The van der Waals surface area contributed by atoms with Gasteiger partial charge in [0.25, 0.3) is 5.91 Å². The van der Waals surface area contributed by atoms with Crippen LogP contribution in [0.2, 0.25) is 0 Å². The number of benzene rings is 2. The maximum atomic E-state index is 12.3. The van der Waals surface area contributed by atoms with Gasteiger partial charge in [0.1, 0.15) is 5.82 Å². The number of aromatic nitrogens is 4. The lowest BCUT2D eigenvalue weighted by Gasteiger charge is -2.21. The summed E-state index contributed by atoms with van der Waals surface area (Å²) in [6, 6.07) is 14.8. The van der Waals surface area contributed by atoms with Crippen LogP contribution < -0.4 is 16.0 Å². The zero-order valence-corrected chi connectivity index (χ0v) is 22.4. The lowest BCUT2D eigenvalue weighted by Crippen LogP contribution is -2.32. The molecule has 0 radical (unpaired) electrons. The zero-order valence-electron chi connectivity index (χ0n) is 22.4. The van der Waals surface area contributed by atoms with Gasteiger partial charge in [0.2, 0.25) is 5.95 Å². The molecular formula is C29H33N7O3. The summed E-state index contributed by atoms with van der Waals surface area (Å²) in [5.74, 6) is 0.774. The van der Waals surface area contributed by atoms with Crippen LogP contribution in [0.15, 0.2) is 67.1 Å². The maximum absolute atomic E-state index is 12.3. The Hall–Kier alpha value is -4.28. The maximum Gasteiger partial charge on any atom is 0.252 e. The molecule has 1 atom stereocenters. The summed E-state index contributed by atoms with van der Waals surface area (Å²) in [6.07, 6.45) is 5.23. The summed E-state index contributed by atoms with van der Waals surface area (Å²) in [5.41, 5.74) is 3.27. The minimum atomic E-state index is -0.922. The van der Waals surface area contributed by atoms with Gasteiger partial charge in [-0.15, -0.1) is 0 Å². The number of anilines is 3. The second-order valence-electron chi connectivity index (χ2n) is 10.9. The third-order valence-electron chi connectivity index (χ3n) is 6.60. The summed E-state index contributed by atoms with van der Waals surface area (Å²) in [4.78, 5) is 21.6. The second kappa shape index (κ2) is 10.1. The lowest BCUT2D eigenvalue weighted by atomic mass is 9.94. The van der Waals surface area contributed by atoms with Crippen LogP contribution in [-0.4, -0.2) is 48.1 Å². The number of nitrogens with zero attached hydrogens (tertiary/aromatic N) is 4. The van der Waals surface area contributed by atoms with Crippen molar-refractivity contribution in [3.05, 3.63) is 83.8 Å². The van der Waals surface area contributed by atoms with Crippen LogP contribution in [0.25, 0.3) is 11.1 Å². The second-order valence-corrected chi connectivity index (χ2v) is 10.9. The van der Waals surface area contributed by atoms with Crippen LogP contribution >= 0.6 is 0 Å². The summed E-state index contributed by atoms with van der Waals surface area (Å²) in [5, 5.41) is 34.4. The third kappa shape index (κ3) is 5.76. The van der Waals surface area contributed by atoms with Gasteiger partial charge in [0.15, 0.2) is 0 Å². The summed E-state index contributed by atoms with van der Waals surface area (Å²) < 4.78 is 1.67. The predicted octanol–water partition coefficient (Wildman–Crippen LogP) is 3.98. The molecule has 1 unspecified atom stereocenters. The molecule has 0 saturated carbocycles. The molecule has 4 aromatic rings. The Morgan fingerprint density at radius 3 is 2.59 bits per heavy atom. The van der Waals surface area contributed by atoms with E-state index in [1.807, 2.05) is 62.5 Å². The first-order chi connectivity index (χ1) is 18.5. The molecule has 0 spiro atoms. The molecule has 202 valence electrons. The number of carbonyl (C=O) groups is 1. The first-order valence-electron chi connectivity index (χ1n) is 12.8. The van der Waals surface area contributed by atoms with Gasteiger partial charge < -0.3 is 26.2 Å². The van der Waals surface area contributed by atoms with Gasteiger partial charge in [-0.3, -0.25) is 9.48 Å². The van der Waals surface area contributed by atoms with E-state index in [1.165, 1.54) is 0 Å². The smallest absolute Gasteiger partial charge is 0.252 e. The minimum Gasteiger partial charge on any atom is -0.394 e. The number of nitrogens with one attached hydrogen (secondary N) is 3. The van der Waals surface area contributed by atoms with Gasteiger partial charge in [-0.25, -0.2) is 4.98 Å². The molecule has 2 aromatic heterocycles. The van der Waals surface area contributed by atoms with Gasteiger partial charge in [-0.2, -0.15) is 10.1 Å². The van der Waals surface area contributed by atoms with Crippen molar-refractivity contribution in [1.82, 2.24) is 25.1 Å². The molecule has 2 aromatic carbocycles. The molecule has 5 N–H and O–H groups in total. The van der Waals surface area contributed by atoms with Gasteiger partial charge in [-0.05, 0) is 57.0 Å². The first-order valence-corrected chi connectivity index (χ1v) is 12.8. The number of amides is 1. The van der Waals surface area contributed by atoms with Crippen molar-refractivity contribution in [2.24, 2.45) is 0 Å². The van der Waals surface area contributed by atoms with E-state index in [-0.39, 0.29) is 12.5 Å². The Kier molecular flexibility index (Phi) is 6.83. The SMILES string of the molecule is CC(C)(O)Cn1cc(-c2cnc(Nc3ccc4c(c3)C(C)(C)NC4=O)nc2NC(CO)c2ccccc2)cn1. The van der Waals surface area contributed by atoms with Crippen molar-refractivity contribution in [3.63, 3.8) is 0 Å². The monoisotopic (exact) mass is 527 g/mol. The van der Waals surface area contributed by atoms with E-state index in [9.17, 15) is 15.0 Å². The number of hydrogen-bond donors (Lipinski definition) is 5. The van der Waals surface area contributed by atoms with Crippen LogP contribution in [-0.2, 0) is 12.1 Å². The average Bonchev–Trinajstić information content (AvgIpc) is 3.42. The molecule has 0 bridgehead atoms. The molecule has 1 amide bonds. The normalized spacial score (nSPS) is 15.0. The topological polar surface area (TPSA) is 137 Å². The van der Waals surface area contributed by atoms with Crippen molar-refractivity contribution in [2.45, 2.75) is 51.4 Å². The Balaban J connectivity index is 1.50. The highest BCUT2D eigenvalue weighted by Gasteiger charge is 2.35. The Bertz CT molecular complexity index is 1490. The number of hydrogen-bond acceptors (Lipinski definition) is 8. The highest BCUT2D eigenvalue weighted by Crippen LogP contribution is 2.34. The van der Waals surface area contributed by atoms with Gasteiger partial charge in [0, 0.05) is 34.8 Å². The molecule has 0 aliphatic carbocycles. The van der Waals surface area contributed by atoms with Crippen molar-refractivity contribution >= 4 is 23.4 Å². The third-order valence-corrected chi connectivity index (χ3v) is 6.60. The quantitative estimate of drug-likeness (QED) is 0.220. The largest absolute Gasteiger partial charge is 0.394 e. The molecule has 0 saturated heterocycles. The summed E-state index contributed by atoms with van der Waals surface area (Å²) in [6.45, 7) is 7.56. The lowest BCUT2D eigenvalue weighted by molar-refractivity contribution is 0.0577. The highest BCUT2D eigenvalue weighted by molar-refractivity contribution is 6.00.